The van der Waals surface area contributed by atoms with E-state index in [0.29, 0.717) is 17.3 Å². The molecular formula is C17H19N5OS2. The minimum Gasteiger partial charge on any atom is -0.357 e. The first-order valence-corrected chi connectivity index (χ1v) is 10.1. The Kier molecular flexibility index (Phi) is 6.25. The van der Waals surface area contributed by atoms with Gasteiger partial charge in [-0.1, -0.05) is 42.4 Å². The Hall–Kier alpha value is -2.11. The molecule has 1 aliphatic carbocycles. The van der Waals surface area contributed by atoms with Crippen molar-refractivity contribution in [3.63, 3.8) is 0 Å². The highest BCUT2D eigenvalue weighted by atomic mass is 32.2. The van der Waals surface area contributed by atoms with Crippen molar-refractivity contribution < 1.29 is 4.79 Å². The quantitative estimate of drug-likeness (QED) is 0.747. The molecule has 6 nitrogen and oxygen atoms in total. The number of nitriles is 1. The number of rotatable bonds is 6. The number of nitrogens with one attached hydrogen (secondary N) is 2. The first-order valence-electron chi connectivity index (χ1n) is 8.26. The Morgan fingerprint density at radius 2 is 2.00 bits per heavy atom. The minimum absolute atomic E-state index is 0.105. The molecule has 2 N–H and O–H groups in total. The SMILES string of the molecule is N#Cc1ccc(NC(=O)CSc2nnc(NC3CCCCC3)s2)cc1. The van der Waals surface area contributed by atoms with Gasteiger partial charge in [-0.2, -0.15) is 5.26 Å². The average Bonchev–Trinajstić information content (AvgIpc) is 3.09. The molecule has 1 aliphatic rings. The third kappa shape index (κ3) is 5.44. The van der Waals surface area contributed by atoms with E-state index in [1.54, 1.807) is 24.3 Å². The standard InChI is InChI=1S/C17H19N5OS2/c18-10-12-6-8-14(9-7-12)19-15(23)11-24-17-22-21-16(25-17)20-13-4-2-1-3-5-13/h6-9,13H,1-5,11H2,(H,19,23)(H,20,21). The van der Waals surface area contributed by atoms with E-state index >= 15 is 0 Å². The van der Waals surface area contributed by atoms with E-state index in [1.165, 1.54) is 55.2 Å². The predicted molar refractivity (Wildman–Crippen MR) is 101 cm³/mol. The fourth-order valence-electron chi connectivity index (χ4n) is 2.70. The Labute approximate surface area is 155 Å². The van der Waals surface area contributed by atoms with Crippen LogP contribution >= 0.6 is 23.1 Å². The van der Waals surface area contributed by atoms with Crippen molar-refractivity contribution >= 4 is 39.8 Å². The molecule has 25 heavy (non-hydrogen) atoms. The molecule has 0 aliphatic heterocycles. The molecule has 0 atom stereocenters. The molecule has 0 unspecified atom stereocenters. The molecule has 0 bridgehead atoms. The van der Waals surface area contributed by atoms with Crippen molar-refractivity contribution in [2.45, 2.75) is 42.5 Å². The first kappa shape index (κ1) is 17.7. The van der Waals surface area contributed by atoms with Crippen LogP contribution in [0.2, 0.25) is 0 Å². The molecular weight excluding hydrogens is 354 g/mol. The maximum absolute atomic E-state index is 12.0. The van der Waals surface area contributed by atoms with Crippen molar-refractivity contribution in [1.29, 1.82) is 5.26 Å². The lowest BCUT2D eigenvalue weighted by molar-refractivity contribution is -0.113. The summed E-state index contributed by atoms with van der Waals surface area (Å²) in [6, 6.07) is 9.34. The summed E-state index contributed by atoms with van der Waals surface area (Å²) in [4.78, 5) is 12.0. The minimum atomic E-state index is -0.105. The average molecular weight is 374 g/mol. The molecule has 1 amide bonds. The van der Waals surface area contributed by atoms with Gasteiger partial charge in [0.2, 0.25) is 11.0 Å². The van der Waals surface area contributed by atoms with E-state index in [1.807, 2.05) is 6.07 Å². The fourth-order valence-corrected chi connectivity index (χ4v) is 4.33. The largest absolute Gasteiger partial charge is 0.357 e. The van der Waals surface area contributed by atoms with Gasteiger partial charge >= 0.3 is 0 Å². The van der Waals surface area contributed by atoms with Gasteiger partial charge < -0.3 is 10.6 Å². The molecule has 1 saturated carbocycles. The highest BCUT2D eigenvalue weighted by Crippen LogP contribution is 2.28. The normalized spacial score (nSPS) is 14.7. The highest BCUT2D eigenvalue weighted by molar-refractivity contribution is 8.01. The van der Waals surface area contributed by atoms with Crippen LogP contribution in [0.1, 0.15) is 37.7 Å². The van der Waals surface area contributed by atoms with Crippen LogP contribution in [-0.4, -0.2) is 27.9 Å². The molecule has 1 heterocycles. The summed E-state index contributed by atoms with van der Waals surface area (Å²) in [5.41, 5.74) is 1.25. The predicted octanol–water partition coefficient (Wildman–Crippen LogP) is 3.89. The third-order valence-electron chi connectivity index (χ3n) is 3.96. The van der Waals surface area contributed by atoms with E-state index in [-0.39, 0.29) is 11.7 Å². The highest BCUT2D eigenvalue weighted by Gasteiger charge is 2.15. The number of amides is 1. The van der Waals surface area contributed by atoms with Gasteiger partial charge in [-0.25, -0.2) is 0 Å². The van der Waals surface area contributed by atoms with Crippen LogP contribution in [0.4, 0.5) is 10.8 Å². The summed E-state index contributed by atoms with van der Waals surface area (Å²) < 4.78 is 0.785. The smallest absolute Gasteiger partial charge is 0.234 e. The zero-order chi connectivity index (χ0) is 17.5. The van der Waals surface area contributed by atoms with E-state index in [9.17, 15) is 4.79 Å². The van der Waals surface area contributed by atoms with Gasteiger partial charge in [0.25, 0.3) is 0 Å². The second-order valence-corrected chi connectivity index (χ2v) is 8.08. The van der Waals surface area contributed by atoms with Crippen molar-refractivity contribution in [3.05, 3.63) is 29.8 Å². The molecule has 1 fully saturated rings. The lowest BCUT2D eigenvalue weighted by atomic mass is 9.96. The zero-order valence-corrected chi connectivity index (χ0v) is 15.3. The van der Waals surface area contributed by atoms with Crippen molar-refractivity contribution in [1.82, 2.24) is 10.2 Å². The van der Waals surface area contributed by atoms with Crippen LogP contribution in [0.3, 0.4) is 0 Å². The summed E-state index contributed by atoms with van der Waals surface area (Å²) in [7, 11) is 0. The zero-order valence-electron chi connectivity index (χ0n) is 13.7. The molecule has 130 valence electrons. The number of benzene rings is 1. The molecule has 8 heteroatoms. The number of hydrogen-bond donors (Lipinski definition) is 2. The van der Waals surface area contributed by atoms with Crippen molar-refractivity contribution in [3.8, 4) is 6.07 Å². The van der Waals surface area contributed by atoms with Gasteiger partial charge in [-0.05, 0) is 37.1 Å². The Bertz CT molecular complexity index is 747. The topological polar surface area (TPSA) is 90.7 Å². The lowest BCUT2D eigenvalue weighted by Crippen LogP contribution is -2.21. The van der Waals surface area contributed by atoms with Crippen LogP contribution in [-0.2, 0) is 4.79 Å². The Morgan fingerprint density at radius 3 is 2.72 bits per heavy atom. The molecule has 3 rings (SSSR count). The van der Waals surface area contributed by atoms with Gasteiger partial charge in [0.05, 0.1) is 17.4 Å². The summed E-state index contributed by atoms with van der Waals surface area (Å²) in [5, 5.41) is 24.2. The summed E-state index contributed by atoms with van der Waals surface area (Å²) in [6.07, 6.45) is 6.25. The second kappa shape index (κ2) is 8.83. The second-order valence-electron chi connectivity index (χ2n) is 5.88. The first-order chi connectivity index (χ1) is 12.2. The molecule has 0 saturated heterocycles. The molecule has 1 aromatic heterocycles. The number of nitrogens with zero attached hydrogens (tertiary/aromatic N) is 3. The van der Waals surface area contributed by atoms with E-state index in [2.05, 4.69) is 20.8 Å². The number of hydrogen-bond acceptors (Lipinski definition) is 7. The number of carbonyl (C=O) groups excluding carboxylic acids is 1. The number of aromatic nitrogens is 2. The van der Waals surface area contributed by atoms with Crippen LogP contribution < -0.4 is 10.6 Å². The Morgan fingerprint density at radius 1 is 1.24 bits per heavy atom. The summed E-state index contributed by atoms with van der Waals surface area (Å²) in [6.45, 7) is 0. The van der Waals surface area contributed by atoms with Crippen molar-refractivity contribution in [2.75, 3.05) is 16.4 Å². The van der Waals surface area contributed by atoms with Gasteiger partial charge in [0, 0.05) is 11.7 Å². The van der Waals surface area contributed by atoms with Crippen LogP contribution in [0.5, 0.6) is 0 Å². The fraction of sp³-hybridized carbons (Fsp3) is 0.412. The monoisotopic (exact) mass is 373 g/mol. The third-order valence-corrected chi connectivity index (χ3v) is 5.95. The molecule has 0 radical (unpaired) electrons. The lowest BCUT2D eigenvalue weighted by Gasteiger charge is -2.21. The van der Waals surface area contributed by atoms with Gasteiger partial charge in [-0.3, -0.25) is 4.79 Å². The van der Waals surface area contributed by atoms with E-state index < -0.39 is 0 Å². The Balaban J connectivity index is 1.44. The number of thioether (sulfide) groups is 1. The van der Waals surface area contributed by atoms with E-state index in [0.717, 1.165) is 9.47 Å². The van der Waals surface area contributed by atoms with Gasteiger partial charge in [0.15, 0.2) is 4.34 Å². The van der Waals surface area contributed by atoms with Crippen LogP contribution in [0.25, 0.3) is 0 Å². The number of anilines is 2. The van der Waals surface area contributed by atoms with Crippen LogP contribution in [0.15, 0.2) is 28.6 Å². The molecule has 1 aromatic carbocycles. The van der Waals surface area contributed by atoms with Crippen molar-refractivity contribution in [2.24, 2.45) is 0 Å². The maximum Gasteiger partial charge on any atom is 0.234 e. The number of carbonyl (C=O) groups is 1. The van der Waals surface area contributed by atoms with E-state index in [4.69, 9.17) is 5.26 Å². The van der Waals surface area contributed by atoms with Gasteiger partial charge in [0.1, 0.15) is 0 Å². The summed E-state index contributed by atoms with van der Waals surface area (Å²) in [5.74, 6) is 0.171. The molecule has 0 spiro atoms. The van der Waals surface area contributed by atoms with Crippen LogP contribution in [0, 0.1) is 11.3 Å². The van der Waals surface area contributed by atoms with Gasteiger partial charge in [-0.15, -0.1) is 10.2 Å². The molecule has 2 aromatic rings. The summed E-state index contributed by atoms with van der Waals surface area (Å²) >= 11 is 2.87. The maximum atomic E-state index is 12.0.